The van der Waals surface area contributed by atoms with Gasteiger partial charge in [-0.25, -0.2) is 4.79 Å². The van der Waals surface area contributed by atoms with Crippen molar-refractivity contribution in [3.63, 3.8) is 0 Å². The summed E-state index contributed by atoms with van der Waals surface area (Å²) in [5, 5.41) is 2.91. The zero-order valence-corrected chi connectivity index (χ0v) is 12.9. The fraction of sp³-hybridized carbons (Fsp3) is 0.278. The van der Waals surface area contributed by atoms with Crippen molar-refractivity contribution < 1.29 is 9.53 Å². The molecule has 0 unspecified atom stereocenters. The Labute approximate surface area is 130 Å². The fourth-order valence-corrected chi connectivity index (χ4v) is 2.63. The number of carbonyl (C=O) groups is 1. The number of amides is 2. The maximum Gasteiger partial charge on any atom is 0.322 e. The molecule has 0 spiro atoms. The Balaban J connectivity index is 1.92. The summed E-state index contributed by atoms with van der Waals surface area (Å²) in [4.78, 5) is 14.0. The van der Waals surface area contributed by atoms with Crippen LogP contribution in [0.15, 0.2) is 48.5 Å². The van der Waals surface area contributed by atoms with Gasteiger partial charge in [0, 0.05) is 12.1 Å². The average Bonchev–Trinajstić information content (AvgIpc) is 2.51. The minimum Gasteiger partial charge on any atom is -0.491 e. The number of urea groups is 1. The number of hydrogen-bond acceptors (Lipinski definition) is 2. The molecular weight excluding hydrogens is 276 g/mol. The van der Waals surface area contributed by atoms with Gasteiger partial charge < -0.3 is 10.1 Å². The summed E-state index contributed by atoms with van der Waals surface area (Å²) >= 11 is 0. The maximum absolute atomic E-state index is 12.3. The molecule has 4 heteroatoms. The van der Waals surface area contributed by atoms with Crippen LogP contribution >= 0.6 is 0 Å². The first-order valence-corrected chi connectivity index (χ1v) is 7.53. The molecule has 3 rings (SSSR count). The second kappa shape index (κ2) is 6.10. The molecule has 0 radical (unpaired) electrons. The van der Waals surface area contributed by atoms with E-state index in [9.17, 15) is 4.79 Å². The van der Waals surface area contributed by atoms with E-state index in [4.69, 9.17) is 4.74 Å². The van der Waals surface area contributed by atoms with Gasteiger partial charge in [-0.05, 0) is 31.5 Å². The van der Waals surface area contributed by atoms with Gasteiger partial charge in [-0.15, -0.1) is 0 Å². The lowest BCUT2D eigenvalue weighted by atomic mass is 10.1. The molecule has 1 aliphatic heterocycles. The maximum atomic E-state index is 12.3. The van der Waals surface area contributed by atoms with Crippen molar-refractivity contribution in [2.75, 3.05) is 4.90 Å². The highest BCUT2D eigenvalue weighted by molar-refractivity contribution is 5.94. The van der Waals surface area contributed by atoms with Crippen molar-refractivity contribution in [1.82, 2.24) is 5.32 Å². The summed E-state index contributed by atoms with van der Waals surface area (Å²) < 4.78 is 5.85. The van der Waals surface area contributed by atoms with Gasteiger partial charge in [0.2, 0.25) is 0 Å². The lowest BCUT2D eigenvalue weighted by molar-refractivity contribution is 0.238. The summed E-state index contributed by atoms with van der Waals surface area (Å²) in [5.41, 5.74) is 3.10. The van der Waals surface area contributed by atoms with E-state index in [1.54, 1.807) is 4.90 Å². The van der Waals surface area contributed by atoms with E-state index in [1.807, 2.05) is 62.4 Å². The van der Waals surface area contributed by atoms with Crippen LogP contribution in [0.4, 0.5) is 10.5 Å². The monoisotopic (exact) mass is 296 g/mol. The molecule has 0 bridgehead atoms. The average molecular weight is 296 g/mol. The topological polar surface area (TPSA) is 41.6 Å². The number of hydrogen-bond donors (Lipinski definition) is 1. The molecule has 0 saturated carbocycles. The predicted molar refractivity (Wildman–Crippen MR) is 87.1 cm³/mol. The third-order valence-electron chi connectivity index (χ3n) is 3.62. The molecule has 0 saturated heterocycles. The van der Waals surface area contributed by atoms with E-state index in [0.717, 1.165) is 22.6 Å². The molecule has 2 aromatic rings. The summed E-state index contributed by atoms with van der Waals surface area (Å²) in [6, 6.07) is 15.8. The Morgan fingerprint density at radius 1 is 1.14 bits per heavy atom. The summed E-state index contributed by atoms with van der Waals surface area (Å²) in [6.07, 6.45) is 0.101. The number of para-hydroxylation sites is 2. The van der Waals surface area contributed by atoms with Crippen molar-refractivity contribution in [1.29, 1.82) is 0 Å². The molecule has 2 amide bonds. The Bertz CT molecular complexity index is 682. The fourth-order valence-electron chi connectivity index (χ4n) is 2.63. The number of nitrogens with zero attached hydrogens (tertiary/aromatic N) is 1. The summed E-state index contributed by atoms with van der Waals surface area (Å²) in [5.74, 6) is 0.827. The number of ether oxygens (including phenoxy) is 1. The largest absolute Gasteiger partial charge is 0.491 e. The van der Waals surface area contributed by atoms with Gasteiger partial charge in [-0.3, -0.25) is 4.90 Å². The highest BCUT2D eigenvalue weighted by atomic mass is 16.5. The van der Waals surface area contributed by atoms with E-state index < -0.39 is 0 Å². The van der Waals surface area contributed by atoms with E-state index in [0.29, 0.717) is 13.1 Å². The molecule has 22 heavy (non-hydrogen) atoms. The normalized spacial score (nSPS) is 13.8. The van der Waals surface area contributed by atoms with Gasteiger partial charge >= 0.3 is 6.03 Å². The van der Waals surface area contributed by atoms with Gasteiger partial charge in [0.15, 0.2) is 0 Å². The molecule has 1 N–H and O–H groups in total. The molecule has 0 aromatic heterocycles. The Morgan fingerprint density at radius 2 is 1.86 bits per heavy atom. The van der Waals surface area contributed by atoms with Crippen LogP contribution in [-0.2, 0) is 13.1 Å². The van der Waals surface area contributed by atoms with E-state index >= 15 is 0 Å². The quantitative estimate of drug-likeness (QED) is 0.934. The van der Waals surface area contributed by atoms with Crippen LogP contribution < -0.4 is 15.0 Å². The van der Waals surface area contributed by atoms with Crippen LogP contribution in [0, 0.1) is 0 Å². The third-order valence-corrected chi connectivity index (χ3v) is 3.62. The molecule has 4 nitrogen and oxygen atoms in total. The lowest BCUT2D eigenvalue weighted by Gasteiger charge is -2.30. The first kappa shape index (κ1) is 14.4. The first-order chi connectivity index (χ1) is 10.6. The second-order valence-corrected chi connectivity index (χ2v) is 5.65. The van der Waals surface area contributed by atoms with Crippen LogP contribution in [0.2, 0.25) is 0 Å². The molecule has 1 aliphatic rings. The van der Waals surface area contributed by atoms with Gasteiger partial charge in [-0.1, -0.05) is 36.4 Å². The van der Waals surface area contributed by atoms with Crippen LogP contribution in [0.25, 0.3) is 0 Å². The molecule has 0 fully saturated rings. The van der Waals surface area contributed by atoms with Crippen LogP contribution in [0.3, 0.4) is 0 Å². The minimum absolute atomic E-state index is 0.0712. The van der Waals surface area contributed by atoms with E-state index in [1.165, 1.54) is 0 Å². The number of rotatable bonds is 4. The van der Waals surface area contributed by atoms with Gasteiger partial charge in [0.05, 0.1) is 18.3 Å². The molecule has 0 aliphatic carbocycles. The number of fused-ring (bicyclic) bond motifs is 1. The number of carbonyl (C=O) groups excluding carboxylic acids is 1. The van der Waals surface area contributed by atoms with Gasteiger partial charge in [0.25, 0.3) is 0 Å². The van der Waals surface area contributed by atoms with Crippen LogP contribution in [0.5, 0.6) is 5.75 Å². The van der Waals surface area contributed by atoms with Crippen molar-refractivity contribution in [2.24, 2.45) is 0 Å². The first-order valence-electron chi connectivity index (χ1n) is 7.53. The van der Waals surface area contributed by atoms with Crippen molar-refractivity contribution in [3.05, 3.63) is 59.7 Å². The molecular formula is C18H20N2O2. The molecule has 114 valence electrons. The van der Waals surface area contributed by atoms with E-state index in [2.05, 4.69) is 5.32 Å². The lowest BCUT2D eigenvalue weighted by Crippen LogP contribution is -2.43. The zero-order valence-electron chi connectivity index (χ0n) is 12.9. The second-order valence-electron chi connectivity index (χ2n) is 5.65. The van der Waals surface area contributed by atoms with Gasteiger partial charge in [0.1, 0.15) is 5.75 Å². The number of anilines is 1. The Hall–Kier alpha value is -2.49. The Kier molecular flexibility index (Phi) is 4.00. The smallest absolute Gasteiger partial charge is 0.322 e. The van der Waals surface area contributed by atoms with Crippen LogP contribution in [-0.4, -0.2) is 12.1 Å². The summed E-state index contributed by atoms with van der Waals surface area (Å²) in [7, 11) is 0. The SMILES string of the molecule is CC(C)Oc1ccccc1CN1C(=O)NCc2ccccc21. The Morgan fingerprint density at radius 3 is 2.68 bits per heavy atom. The minimum atomic E-state index is -0.0712. The molecule has 1 heterocycles. The third kappa shape index (κ3) is 2.91. The highest BCUT2D eigenvalue weighted by Gasteiger charge is 2.24. The van der Waals surface area contributed by atoms with Gasteiger partial charge in [-0.2, -0.15) is 0 Å². The highest BCUT2D eigenvalue weighted by Crippen LogP contribution is 2.28. The predicted octanol–water partition coefficient (Wildman–Crippen LogP) is 3.70. The summed E-state index contributed by atoms with van der Waals surface area (Å²) in [6.45, 7) is 5.07. The number of benzene rings is 2. The van der Waals surface area contributed by atoms with Crippen LogP contribution in [0.1, 0.15) is 25.0 Å². The molecule has 2 aromatic carbocycles. The molecule has 0 atom stereocenters. The van der Waals surface area contributed by atoms with Crippen molar-refractivity contribution in [2.45, 2.75) is 33.0 Å². The standard InChI is InChI=1S/C18H20N2O2/c1-13(2)22-17-10-6-4-8-15(17)12-20-16-9-5-3-7-14(16)11-19-18(20)21/h3-10,13H,11-12H2,1-2H3,(H,19,21). The van der Waals surface area contributed by atoms with Crippen molar-refractivity contribution >= 4 is 11.7 Å². The van der Waals surface area contributed by atoms with Crippen molar-refractivity contribution in [3.8, 4) is 5.75 Å². The zero-order chi connectivity index (χ0) is 15.5. The number of nitrogens with one attached hydrogen (secondary N) is 1. The van der Waals surface area contributed by atoms with E-state index in [-0.39, 0.29) is 12.1 Å².